The molecule has 2 rings (SSSR count). The van der Waals surface area contributed by atoms with Crippen molar-refractivity contribution in [2.24, 2.45) is 0 Å². The maximum atomic E-state index is 10.9. The van der Waals surface area contributed by atoms with Crippen LogP contribution in [0.15, 0.2) is 42.5 Å². The lowest BCUT2D eigenvalue weighted by Gasteiger charge is -2.32. The molecular formula is C16H22ClNO2. The first-order chi connectivity index (χ1) is 9.07. The lowest BCUT2D eigenvalue weighted by molar-refractivity contribution is -0.215. The third kappa shape index (κ3) is 3.49. The third-order valence-corrected chi connectivity index (χ3v) is 3.12. The fourth-order valence-electron chi connectivity index (χ4n) is 2.44. The van der Waals surface area contributed by atoms with E-state index in [2.05, 4.69) is 0 Å². The fourth-order valence-corrected chi connectivity index (χ4v) is 2.44. The summed E-state index contributed by atoms with van der Waals surface area (Å²) >= 11 is 0. The summed E-state index contributed by atoms with van der Waals surface area (Å²) in [5.41, 5.74) is 0.821. The van der Waals surface area contributed by atoms with Crippen molar-refractivity contribution in [1.82, 2.24) is 4.90 Å². The van der Waals surface area contributed by atoms with Crippen LogP contribution in [0.3, 0.4) is 0 Å². The smallest absolute Gasteiger partial charge is 0.206 e. The molecule has 0 aliphatic rings. The molecule has 110 valence electrons. The summed E-state index contributed by atoms with van der Waals surface area (Å²) < 4.78 is 5.65. The van der Waals surface area contributed by atoms with Crippen LogP contribution in [0.25, 0.3) is 10.8 Å². The number of benzene rings is 2. The highest BCUT2D eigenvalue weighted by Crippen LogP contribution is 2.30. The van der Waals surface area contributed by atoms with Gasteiger partial charge in [-0.3, -0.25) is 0 Å². The van der Waals surface area contributed by atoms with Gasteiger partial charge in [0, 0.05) is 12.2 Å². The van der Waals surface area contributed by atoms with Crippen molar-refractivity contribution in [3.05, 3.63) is 48.0 Å². The Kier molecular flexibility index (Phi) is 5.96. The third-order valence-electron chi connectivity index (χ3n) is 3.12. The molecule has 2 aromatic rings. The van der Waals surface area contributed by atoms with E-state index in [1.807, 2.05) is 68.4 Å². The van der Waals surface area contributed by atoms with E-state index < -0.39 is 5.79 Å². The lowest BCUT2D eigenvalue weighted by atomic mass is 9.97. The maximum Gasteiger partial charge on any atom is 0.206 e. The van der Waals surface area contributed by atoms with E-state index in [4.69, 9.17) is 4.74 Å². The lowest BCUT2D eigenvalue weighted by Crippen LogP contribution is -2.40. The molecule has 0 saturated heterocycles. The fraction of sp³-hybridized carbons (Fsp3) is 0.375. The van der Waals surface area contributed by atoms with E-state index in [9.17, 15) is 5.11 Å². The molecule has 0 heterocycles. The summed E-state index contributed by atoms with van der Waals surface area (Å²) in [6.07, 6.45) is 0. The Morgan fingerprint density at radius 1 is 1.10 bits per heavy atom. The second kappa shape index (κ2) is 7.04. The number of aliphatic hydroxyl groups is 1. The summed E-state index contributed by atoms with van der Waals surface area (Å²) in [4.78, 5) is 1.93. The SMILES string of the molecule is CCOC(O)(CN(C)C)c1cccc2ccccc12.Cl. The summed E-state index contributed by atoms with van der Waals surface area (Å²) in [6.45, 7) is 2.79. The Labute approximate surface area is 126 Å². The molecule has 4 heteroatoms. The van der Waals surface area contributed by atoms with Crippen LogP contribution < -0.4 is 0 Å². The molecule has 1 atom stereocenters. The highest BCUT2D eigenvalue weighted by atomic mass is 35.5. The highest BCUT2D eigenvalue weighted by Gasteiger charge is 2.32. The van der Waals surface area contributed by atoms with Gasteiger partial charge in [-0.15, -0.1) is 12.4 Å². The first kappa shape index (κ1) is 16.9. The van der Waals surface area contributed by atoms with Gasteiger partial charge in [0.25, 0.3) is 0 Å². The van der Waals surface area contributed by atoms with Crippen molar-refractivity contribution in [2.45, 2.75) is 12.7 Å². The number of likely N-dealkylation sites (N-methyl/N-ethyl adjacent to an activating group) is 1. The Morgan fingerprint density at radius 3 is 2.40 bits per heavy atom. The van der Waals surface area contributed by atoms with Gasteiger partial charge in [-0.2, -0.15) is 0 Å². The first-order valence-electron chi connectivity index (χ1n) is 6.56. The normalized spacial score (nSPS) is 14.1. The van der Waals surface area contributed by atoms with Gasteiger partial charge in [-0.1, -0.05) is 42.5 Å². The summed E-state index contributed by atoms with van der Waals surface area (Å²) in [6, 6.07) is 14.0. The van der Waals surface area contributed by atoms with Gasteiger partial charge in [-0.05, 0) is 31.8 Å². The maximum absolute atomic E-state index is 10.9. The van der Waals surface area contributed by atoms with E-state index >= 15 is 0 Å². The van der Waals surface area contributed by atoms with Gasteiger partial charge in [0.15, 0.2) is 0 Å². The molecule has 2 aromatic carbocycles. The van der Waals surface area contributed by atoms with Crippen LogP contribution in [-0.4, -0.2) is 37.3 Å². The zero-order chi connectivity index (χ0) is 13.9. The van der Waals surface area contributed by atoms with Crippen LogP contribution in [0.5, 0.6) is 0 Å². The van der Waals surface area contributed by atoms with Crippen molar-refractivity contribution in [3.8, 4) is 0 Å². The molecule has 3 nitrogen and oxygen atoms in total. The average Bonchev–Trinajstić information content (AvgIpc) is 2.37. The number of ether oxygens (including phenoxy) is 1. The molecule has 1 N–H and O–H groups in total. The molecule has 0 aromatic heterocycles. The first-order valence-corrected chi connectivity index (χ1v) is 6.56. The van der Waals surface area contributed by atoms with Crippen LogP contribution in [0.1, 0.15) is 12.5 Å². The minimum atomic E-state index is -1.28. The molecule has 0 bridgehead atoms. The van der Waals surface area contributed by atoms with Crippen LogP contribution in [0, 0.1) is 0 Å². The predicted octanol–water partition coefficient (Wildman–Crippen LogP) is 3.00. The summed E-state index contributed by atoms with van der Waals surface area (Å²) in [5.74, 6) is -1.28. The minimum absolute atomic E-state index is 0. The van der Waals surface area contributed by atoms with E-state index in [0.29, 0.717) is 13.2 Å². The van der Waals surface area contributed by atoms with Crippen molar-refractivity contribution >= 4 is 23.2 Å². The van der Waals surface area contributed by atoms with Crippen molar-refractivity contribution < 1.29 is 9.84 Å². The van der Waals surface area contributed by atoms with Crippen molar-refractivity contribution in [1.29, 1.82) is 0 Å². The zero-order valence-electron chi connectivity index (χ0n) is 12.2. The number of halogens is 1. The quantitative estimate of drug-likeness (QED) is 0.861. The Bertz CT molecular complexity index is 554. The molecule has 0 saturated carbocycles. The number of fused-ring (bicyclic) bond motifs is 1. The van der Waals surface area contributed by atoms with Gasteiger partial charge in [0.1, 0.15) is 0 Å². The van der Waals surface area contributed by atoms with E-state index in [-0.39, 0.29) is 12.4 Å². The van der Waals surface area contributed by atoms with Gasteiger partial charge in [-0.25, -0.2) is 0 Å². The number of rotatable bonds is 5. The van der Waals surface area contributed by atoms with E-state index in [1.54, 1.807) is 0 Å². The van der Waals surface area contributed by atoms with E-state index in [0.717, 1.165) is 16.3 Å². The topological polar surface area (TPSA) is 32.7 Å². The molecule has 0 radical (unpaired) electrons. The number of hydrogen-bond acceptors (Lipinski definition) is 3. The zero-order valence-corrected chi connectivity index (χ0v) is 13.0. The molecule has 1 unspecified atom stereocenters. The number of hydrogen-bond donors (Lipinski definition) is 1. The molecule has 0 fully saturated rings. The van der Waals surface area contributed by atoms with Crippen LogP contribution >= 0.6 is 12.4 Å². The predicted molar refractivity (Wildman–Crippen MR) is 85.3 cm³/mol. The molecule has 0 spiro atoms. The molecule has 0 amide bonds. The molecule has 0 aliphatic carbocycles. The second-order valence-corrected chi connectivity index (χ2v) is 4.98. The monoisotopic (exact) mass is 295 g/mol. The Hall–Kier alpha value is -1.13. The summed E-state index contributed by atoms with van der Waals surface area (Å²) in [5, 5.41) is 13.0. The van der Waals surface area contributed by atoms with Crippen LogP contribution in [0.4, 0.5) is 0 Å². The van der Waals surface area contributed by atoms with Crippen LogP contribution in [0.2, 0.25) is 0 Å². The van der Waals surface area contributed by atoms with Crippen molar-refractivity contribution in [3.63, 3.8) is 0 Å². The van der Waals surface area contributed by atoms with Gasteiger partial charge >= 0.3 is 0 Å². The second-order valence-electron chi connectivity index (χ2n) is 4.98. The average molecular weight is 296 g/mol. The number of nitrogens with zero attached hydrogens (tertiary/aromatic N) is 1. The summed E-state index contributed by atoms with van der Waals surface area (Å²) in [7, 11) is 3.85. The van der Waals surface area contributed by atoms with E-state index in [1.165, 1.54) is 0 Å². The standard InChI is InChI=1S/C16H21NO2.ClH/c1-4-19-16(18,12-17(2)3)15-11-7-9-13-8-5-6-10-14(13)15;/h5-11,18H,4,12H2,1-3H3;1H. The Morgan fingerprint density at radius 2 is 1.75 bits per heavy atom. The molecule has 20 heavy (non-hydrogen) atoms. The minimum Gasteiger partial charge on any atom is -0.361 e. The molecular weight excluding hydrogens is 274 g/mol. The Balaban J connectivity index is 0.00000200. The van der Waals surface area contributed by atoms with Crippen LogP contribution in [-0.2, 0) is 10.5 Å². The van der Waals surface area contributed by atoms with Crippen molar-refractivity contribution in [2.75, 3.05) is 27.2 Å². The van der Waals surface area contributed by atoms with Gasteiger partial charge in [0.2, 0.25) is 5.79 Å². The van der Waals surface area contributed by atoms with Gasteiger partial charge < -0.3 is 14.7 Å². The highest BCUT2D eigenvalue weighted by molar-refractivity contribution is 5.86. The molecule has 0 aliphatic heterocycles. The largest absolute Gasteiger partial charge is 0.361 e. The van der Waals surface area contributed by atoms with Gasteiger partial charge in [0.05, 0.1) is 6.54 Å².